The Balaban J connectivity index is 2.24. The number of furan rings is 1. The van der Waals surface area contributed by atoms with Gasteiger partial charge in [-0.15, -0.1) is 0 Å². The minimum Gasteiger partial charge on any atom is -0.465 e. The molecule has 1 heterocycles. The third-order valence-electron chi connectivity index (χ3n) is 3.36. The highest BCUT2D eigenvalue weighted by Crippen LogP contribution is 2.20. The minimum atomic E-state index is -3.60. The number of hydrogen-bond acceptors (Lipinski definition) is 4. The zero-order valence-corrected chi connectivity index (χ0v) is 13.2. The van der Waals surface area contributed by atoms with Gasteiger partial charge in [0.1, 0.15) is 11.5 Å². The predicted molar refractivity (Wildman–Crippen MR) is 81.3 cm³/mol. The molecule has 0 spiro atoms. The van der Waals surface area contributed by atoms with E-state index >= 15 is 0 Å². The summed E-state index contributed by atoms with van der Waals surface area (Å²) >= 11 is 0. The van der Waals surface area contributed by atoms with Crippen LogP contribution in [0.25, 0.3) is 0 Å². The number of rotatable bonds is 5. The normalized spacial score (nSPS) is 13.3. The summed E-state index contributed by atoms with van der Waals surface area (Å²) in [5.74, 6) is 1.34. The number of nitrogens with one attached hydrogen (secondary N) is 1. The summed E-state index contributed by atoms with van der Waals surface area (Å²) in [4.78, 5) is 0.229. The molecule has 6 heteroatoms. The van der Waals surface area contributed by atoms with Gasteiger partial charge in [-0.3, -0.25) is 0 Å². The first-order valence-corrected chi connectivity index (χ1v) is 8.20. The molecule has 1 atom stereocenters. The van der Waals surface area contributed by atoms with Crippen LogP contribution in [0.4, 0.5) is 0 Å². The number of hydrogen-bond donors (Lipinski definition) is 2. The lowest BCUT2D eigenvalue weighted by atomic mass is 10.1. The summed E-state index contributed by atoms with van der Waals surface area (Å²) in [6.07, 6.45) is 0. The molecule has 1 aromatic heterocycles. The first kappa shape index (κ1) is 15.8. The molecule has 0 saturated carbocycles. The Kier molecular flexibility index (Phi) is 4.51. The van der Waals surface area contributed by atoms with Crippen molar-refractivity contribution in [2.75, 3.05) is 0 Å². The van der Waals surface area contributed by atoms with Crippen LogP contribution in [0, 0.1) is 13.8 Å². The summed E-state index contributed by atoms with van der Waals surface area (Å²) in [6, 6.07) is 8.08. The zero-order valence-electron chi connectivity index (χ0n) is 12.4. The Bertz CT molecular complexity index is 735. The monoisotopic (exact) mass is 308 g/mol. The molecule has 21 heavy (non-hydrogen) atoms. The van der Waals surface area contributed by atoms with Crippen LogP contribution in [0.5, 0.6) is 0 Å². The highest BCUT2D eigenvalue weighted by Gasteiger charge is 2.20. The van der Waals surface area contributed by atoms with Crippen molar-refractivity contribution in [2.24, 2.45) is 5.73 Å². The number of aryl methyl sites for hydroxylation is 2. The Labute approximate surface area is 125 Å². The molecule has 114 valence electrons. The fourth-order valence-electron chi connectivity index (χ4n) is 2.11. The van der Waals surface area contributed by atoms with E-state index in [-0.39, 0.29) is 4.90 Å². The van der Waals surface area contributed by atoms with E-state index in [9.17, 15) is 8.42 Å². The summed E-state index contributed by atoms with van der Waals surface area (Å²) in [5, 5.41) is 0. The maximum Gasteiger partial charge on any atom is 0.241 e. The van der Waals surface area contributed by atoms with Crippen molar-refractivity contribution in [3.05, 3.63) is 53.0 Å². The summed E-state index contributed by atoms with van der Waals surface area (Å²) in [6.45, 7) is 5.80. The molecule has 0 amide bonds. The fourth-order valence-corrected chi connectivity index (χ4v) is 3.41. The van der Waals surface area contributed by atoms with Gasteiger partial charge in [-0.25, -0.2) is 13.1 Å². The molecule has 0 radical (unpaired) electrons. The lowest BCUT2D eigenvalue weighted by Crippen LogP contribution is -2.26. The van der Waals surface area contributed by atoms with E-state index in [0.717, 1.165) is 16.9 Å². The number of nitrogens with two attached hydrogens (primary N) is 1. The van der Waals surface area contributed by atoms with E-state index in [4.69, 9.17) is 10.2 Å². The number of benzene rings is 1. The molecule has 5 nitrogen and oxygen atoms in total. The van der Waals surface area contributed by atoms with Gasteiger partial charge in [-0.05, 0) is 56.2 Å². The topological polar surface area (TPSA) is 85.3 Å². The van der Waals surface area contributed by atoms with Gasteiger partial charge in [-0.1, -0.05) is 6.07 Å². The van der Waals surface area contributed by atoms with E-state index in [1.54, 1.807) is 37.3 Å². The maximum absolute atomic E-state index is 12.4. The van der Waals surface area contributed by atoms with Crippen molar-refractivity contribution in [2.45, 2.75) is 38.3 Å². The smallest absolute Gasteiger partial charge is 0.241 e. The molecule has 0 saturated heterocycles. The molecule has 1 unspecified atom stereocenters. The van der Waals surface area contributed by atoms with Crippen molar-refractivity contribution >= 4 is 10.0 Å². The molecule has 2 rings (SSSR count). The van der Waals surface area contributed by atoms with Gasteiger partial charge in [0, 0.05) is 6.54 Å². The van der Waals surface area contributed by atoms with Gasteiger partial charge < -0.3 is 10.2 Å². The molecule has 1 aromatic carbocycles. The quantitative estimate of drug-likeness (QED) is 0.888. The second-order valence-electron chi connectivity index (χ2n) is 5.08. The zero-order chi connectivity index (χ0) is 15.6. The van der Waals surface area contributed by atoms with Gasteiger partial charge >= 0.3 is 0 Å². The predicted octanol–water partition coefficient (Wildman–Crippen LogP) is 2.39. The van der Waals surface area contributed by atoms with Crippen LogP contribution < -0.4 is 10.5 Å². The van der Waals surface area contributed by atoms with E-state index in [1.807, 2.05) is 13.8 Å². The number of sulfonamides is 1. The molecular formula is C15H20N2O3S. The van der Waals surface area contributed by atoms with Crippen LogP contribution in [0.3, 0.4) is 0 Å². The summed E-state index contributed by atoms with van der Waals surface area (Å²) in [7, 11) is -3.60. The molecule has 0 aliphatic heterocycles. The molecular weight excluding hydrogens is 288 g/mol. The van der Waals surface area contributed by atoms with Gasteiger partial charge in [0.2, 0.25) is 10.0 Å². The molecule has 0 aliphatic rings. The first-order chi connectivity index (χ1) is 9.83. The van der Waals surface area contributed by atoms with Gasteiger partial charge in [0.05, 0.1) is 10.9 Å². The van der Waals surface area contributed by atoms with Gasteiger partial charge in [0.25, 0.3) is 0 Å². The highest BCUT2D eigenvalue weighted by molar-refractivity contribution is 7.89. The Morgan fingerprint density at radius 1 is 1.24 bits per heavy atom. The standard InChI is InChI=1S/C15H20N2O3S/c1-10-8-14(6-5-13(10)9-16)21(18,19)17-12(3)15-7-4-11(2)20-15/h4-8,12,17H,9,16H2,1-3H3. The van der Waals surface area contributed by atoms with Crippen molar-refractivity contribution in [3.63, 3.8) is 0 Å². The van der Waals surface area contributed by atoms with Gasteiger partial charge in [0.15, 0.2) is 0 Å². The van der Waals surface area contributed by atoms with Crippen LogP contribution in [0.1, 0.15) is 35.6 Å². The minimum absolute atomic E-state index is 0.229. The molecule has 2 aromatic rings. The van der Waals surface area contributed by atoms with Crippen molar-refractivity contribution < 1.29 is 12.8 Å². The van der Waals surface area contributed by atoms with Crippen LogP contribution in [0.15, 0.2) is 39.6 Å². The maximum atomic E-state index is 12.4. The third-order valence-corrected chi connectivity index (χ3v) is 4.90. The molecule has 0 bridgehead atoms. The second kappa shape index (κ2) is 6.01. The highest BCUT2D eigenvalue weighted by atomic mass is 32.2. The molecule has 0 aliphatic carbocycles. The largest absolute Gasteiger partial charge is 0.465 e. The van der Waals surface area contributed by atoms with Crippen LogP contribution in [-0.2, 0) is 16.6 Å². The lowest BCUT2D eigenvalue weighted by Gasteiger charge is -2.13. The average Bonchev–Trinajstić information content (AvgIpc) is 2.85. The van der Waals surface area contributed by atoms with Crippen LogP contribution in [0.2, 0.25) is 0 Å². The van der Waals surface area contributed by atoms with Crippen molar-refractivity contribution in [3.8, 4) is 0 Å². The second-order valence-corrected chi connectivity index (χ2v) is 6.80. The van der Waals surface area contributed by atoms with E-state index < -0.39 is 16.1 Å². The Morgan fingerprint density at radius 3 is 2.48 bits per heavy atom. The summed E-state index contributed by atoms with van der Waals surface area (Å²) < 4.78 is 32.8. The fraction of sp³-hybridized carbons (Fsp3) is 0.333. The van der Waals surface area contributed by atoms with Crippen LogP contribution in [-0.4, -0.2) is 8.42 Å². The SMILES string of the molecule is Cc1ccc(C(C)NS(=O)(=O)c2ccc(CN)c(C)c2)o1. The van der Waals surface area contributed by atoms with Crippen LogP contribution >= 0.6 is 0 Å². The van der Waals surface area contributed by atoms with E-state index in [0.29, 0.717) is 12.3 Å². The Hall–Kier alpha value is -1.63. The van der Waals surface area contributed by atoms with E-state index in [1.165, 1.54) is 0 Å². The van der Waals surface area contributed by atoms with Crippen molar-refractivity contribution in [1.29, 1.82) is 0 Å². The van der Waals surface area contributed by atoms with Gasteiger partial charge in [-0.2, -0.15) is 0 Å². The third kappa shape index (κ3) is 3.53. The molecule has 3 N–H and O–H groups in total. The van der Waals surface area contributed by atoms with E-state index in [2.05, 4.69) is 4.72 Å². The first-order valence-electron chi connectivity index (χ1n) is 6.72. The Morgan fingerprint density at radius 2 is 1.95 bits per heavy atom. The lowest BCUT2D eigenvalue weighted by molar-refractivity contribution is 0.441. The molecule has 0 fully saturated rings. The summed E-state index contributed by atoms with van der Waals surface area (Å²) in [5.41, 5.74) is 7.39. The van der Waals surface area contributed by atoms with Crippen molar-refractivity contribution in [1.82, 2.24) is 4.72 Å². The average molecular weight is 308 g/mol.